The lowest BCUT2D eigenvalue weighted by Gasteiger charge is -2.19. The minimum absolute atomic E-state index is 0.0753. The number of H-pyrrole nitrogens is 1. The van der Waals surface area contributed by atoms with Crippen LogP contribution in [0.2, 0.25) is 10.0 Å². The van der Waals surface area contributed by atoms with E-state index in [2.05, 4.69) is 9.97 Å². The average Bonchev–Trinajstić information content (AvgIpc) is 2.97. The van der Waals surface area contributed by atoms with Gasteiger partial charge < -0.3 is 9.72 Å². The van der Waals surface area contributed by atoms with E-state index in [0.29, 0.717) is 21.7 Å². The number of hydrogen-bond acceptors (Lipinski definition) is 4. The smallest absolute Gasteiger partial charge is 0.267 e. The second kappa shape index (κ2) is 6.16. The first-order valence-corrected chi connectivity index (χ1v) is 9.00. The minimum Gasteiger partial charge on any atom is -0.493 e. The predicted octanol–water partition coefficient (Wildman–Crippen LogP) is 3.70. The summed E-state index contributed by atoms with van der Waals surface area (Å²) in [6.45, 7) is 0. The fraction of sp³-hybridized carbons (Fsp3) is 0.133. The highest BCUT2D eigenvalue weighted by atomic mass is 35.5. The highest BCUT2D eigenvalue weighted by Gasteiger charge is 2.27. The summed E-state index contributed by atoms with van der Waals surface area (Å²) >= 11 is 12.0. The van der Waals surface area contributed by atoms with Crippen molar-refractivity contribution < 1.29 is 13.2 Å². The van der Waals surface area contributed by atoms with Crippen molar-refractivity contribution in [1.82, 2.24) is 9.97 Å². The lowest BCUT2D eigenvalue weighted by molar-refractivity contribution is 0.414. The Labute approximate surface area is 149 Å². The second-order valence-corrected chi connectivity index (χ2v) is 7.72. The molecule has 2 aromatic heterocycles. The van der Waals surface area contributed by atoms with E-state index in [1.165, 1.54) is 32.6 Å². The topological polar surface area (TPSA) is 75.3 Å². The molecule has 0 aliphatic carbocycles. The molecule has 0 fully saturated rings. The number of sulfonamides is 1. The van der Waals surface area contributed by atoms with E-state index in [4.69, 9.17) is 27.9 Å². The van der Waals surface area contributed by atoms with Gasteiger partial charge in [-0.25, -0.2) is 17.7 Å². The van der Waals surface area contributed by atoms with Gasteiger partial charge in [0, 0.05) is 30.3 Å². The van der Waals surface area contributed by atoms with E-state index in [1.807, 2.05) is 0 Å². The number of anilines is 1. The van der Waals surface area contributed by atoms with Crippen LogP contribution in [0.15, 0.2) is 41.6 Å². The number of halogens is 2. The fourth-order valence-electron chi connectivity index (χ4n) is 2.34. The van der Waals surface area contributed by atoms with E-state index >= 15 is 0 Å². The van der Waals surface area contributed by atoms with Gasteiger partial charge in [-0.15, -0.1) is 0 Å². The lowest BCUT2D eigenvalue weighted by atomic mass is 10.2. The summed E-state index contributed by atoms with van der Waals surface area (Å²) in [5, 5.41) is 1.07. The number of benzene rings is 1. The van der Waals surface area contributed by atoms with Crippen LogP contribution >= 0.6 is 23.2 Å². The SMILES string of the molecule is COc1cccnc1N(C)S(=O)(=O)c1c[nH]c2cc(Cl)c(Cl)cc12. The molecule has 6 nitrogen and oxygen atoms in total. The van der Waals surface area contributed by atoms with Gasteiger partial charge in [0.2, 0.25) is 0 Å². The number of nitrogens with zero attached hydrogens (tertiary/aromatic N) is 2. The number of nitrogens with one attached hydrogen (secondary N) is 1. The molecule has 0 unspecified atom stereocenters. The largest absolute Gasteiger partial charge is 0.493 e. The number of rotatable bonds is 4. The standard InChI is InChI=1S/C15H13Cl2N3O3S/c1-20(15-13(23-2)4-3-5-18-15)24(21,22)14-8-19-12-7-11(17)10(16)6-9(12)14/h3-8,19H,1-2H3. The van der Waals surface area contributed by atoms with Crippen LogP contribution in [0.25, 0.3) is 10.9 Å². The van der Waals surface area contributed by atoms with Gasteiger partial charge >= 0.3 is 0 Å². The molecule has 2 heterocycles. The van der Waals surface area contributed by atoms with Gasteiger partial charge in [-0.05, 0) is 24.3 Å². The first-order valence-electron chi connectivity index (χ1n) is 6.80. The van der Waals surface area contributed by atoms with Crippen LogP contribution in [0.3, 0.4) is 0 Å². The maximum Gasteiger partial charge on any atom is 0.267 e. The molecule has 1 aromatic carbocycles. The van der Waals surface area contributed by atoms with Crippen LogP contribution in [0.5, 0.6) is 5.75 Å². The van der Waals surface area contributed by atoms with Gasteiger partial charge in [0.1, 0.15) is 4.90 Å². The van der Waals surface area contributed by atoms with Crippen molar-refractivity contribution in [2.45, 2.75) is 4.90 Å². The van der Waals surface area contributed by atoms with E-state index in [0.717, 1.165) is 4.31 Å². The van der Waals surface area contributed by atoms with Crippen LogP contribution in [-0.4, -0.2) is 32.5 Å². The van der Waals surface area contributed by atoms with Gasteiger partial charge in [0.25, 0.3) is 10.0 Å². The number of fused-ring (bicyclic) bond motifs is 1. The predicted molar refractivity (Wildman–Crippen MR) is 94.7 cm³/mol. The summed E-state index contributed by atoms with van der Waals surface area (Å²) in [6, 6.07) is 6.40. The Morgan fingerprint density at radius 3 is 2.67 bits per heavy atom. The molecule has 0 aliphatic rings. The molecule has 0 atom stereocenters. The Balaban J connectivity index is 2.16. The molecule has 0 radical (unpaired) electrons. The minimum atomic E-state index is -3.88. The molecule has 9 heteroatoms. The van der Waals surface area contributed by atoms with Crippen LogP contribution in [0.4, 0.5) is 5.82 Å². The van der Waals surface area contributed by atoms with Crippen molar-refractivity contribution in [3.63, 3.8) is 0 Å². The van der Waals surface area contributed by atoms with Crippen LogP contribution in [0.1, 0.15) is 0 Å². The third kappa shape index (κ3) is 2.68. The molecule has 0 saturated carbocycles. The zero-order valence-corrected chi connectivity index (χ0v) is 15.1. The van der Waals surface area contributed by atoms with E-state index < -0.39 is 10.0 Å². The normalized spacial score (nSPS) is 11.7. The Bertz CT molecular complexity index is 1020. The zero-order chi connectivity index (χ0) is 17.5. The molecule has 1 N–H and O–H groups in total. The lowest BCUT2D eigenvalue weighted by Crippen LogP contribution is -2.27. The molecule has 3 aromatic rings. The second-order valence-electron chi connectivity index (χ2n) is 4.97. The third-order valence-corrected chi connectivity index (χ3v) is 6.10. The number of methoxy groups -OCH3 is 1. The number of hydrogen-bond donors (Lipinski definition) is 1. The Hall–Kier alpha value is -1.96. The van der Waals surface area contributed by atoms with Gasteiger partial charge in [-0.3, -0.25) is 0 Å². The number of aromatic nitrogens is 2. The van der Waals surface area contributed by atoms with Crippen molar-refractivity contribution in [2.24, 2.45) is 0 Å². The first-order chi connectivity index (χ1) is 11.4. The summed E-state index contributed by atoms with van der Waals surface area (Å²) in [5.41, 5.74) is 0.573. The molecule has 0 saturated heterocycles. The van der Waals surface area contributed by atoms with E-state index in [-0.39, 0.29) is 15.7 Å². The number of aromatic amines is 1. The van der Waals surface area contributed by atoms with Crippen LogP contribution in [-0.2, 0) is 10.0 Å². The molecule has 0 bridgehead atoms. The maximum atomic E-state index is 13.0. The van der Waals surface area contributed by atoms with E-state index in [9.17, 15) is 8.42 Å². The summed E-state index contributed by atoms with van der Waals surface area (Å²) in [6.07, 6.45) is 2.90. The maximum absolute atomic E-state index is 13.0. The molecular weight excluding hydrogens is 373 g/mol. The Morgan fingerprint density at radius 1 is 1.25 bits per heavy atom. The van der Waals surface area contributed by atoms with E-state index in [1.54, 1.807) is 18.2 Å². The van der Waals surface area contributed by atoms with Crippen LogP contribution < -0.4 is 9.04 Å². The molecule has 24 heavy (non-hydrogen) atoms. The van der Waals surface area contributed by atoms with Crippen molar-refractivity contribution in [1.29, 1.82) is 0 Å². The van der Waals surface area contributed by atoms with Gasteiger partial charge in [-0.1, -0.05) is 23.2 Å². The molecule has 0 spiro atoms. The molecule has 0 aliphatic heterocycles. The Kier molecular flexibility index (Phi) is 4.33. The highest BCUT2D eigenvalue weighted by molar-refractivity contribution is 7.93. The number of pyridine rings is 1. The molecule has 3 rings (SSSR count). The number of ether oxygens (including phenoxy) is 1. The first kappa shape index (κ1) is 16.9. The van der Waals surface area contributed by atoms with Gasteiger partial charge in [-0.2, -0.15) is 0 Å². The van der Waals surface area contributed by atoms with Crippen molar-refractivity contribution >= 4 is 49.9 Å². The molecular formula is C15H13Cl2N3O3S. The van der Waals surface area contributed by atoms with Crippen molar-refractivity contribution in [2.75, 3.05) is 18.5 Å². The summed E-state index contributed by atoms with van der Waals surface area (Å²) in [5.74, 6) is 0.541. The third-order valence-electron chi connectivity index (χ3n) is 3.59. The molecule has 126 valence electrons. The fourth-order valence-corrected chi connectivity index (χ4v) is 3.99. The van der Waals surface area contributed by atoms with Gasteiger partial charge in [0.15, 0.2) is 11.6 Å². The van der Waals surface area contributed by atoms with Crippen molar-refractivity contribution in [3.05, 3.63) is 46.7 Å². The zero-order valence-electron chi connectivity index (χ0n) is 12.7. The summed E-state index contributed by atoms with van der Waals surface area (Å²) < 4.78 is 32.3. The monoisotopic (exact) mass is 385 g/mol. The van der Waals surface area contributed by atoms with Gasteiger partial charge in [0.05, 0.1) is 17.2 Å². The van der Waals surface area contributed by atoms with Crippen LogP contribution in [0, 0.1) is 0 Å². The molecule has 0 amide bonds. The average molecular weight is 386 g/mol. The Morgan fingerprint density at radius 2 is 1.96 bits per heavy atom. The van der Waals surface area contributed by atoms with Crippen molar-refractivity contribution in [3.8, 4) is 5.75 Å². The summed E-state index contributed by atoms with van der Waals surface area (Å²) in [7, 11) is -1.01. The quantitative estimate of drug-likeness (QED) is 0.742. The summed E-state index contributed by atoms with van der Waals surface area (Å²) in [4.78, 5) is 7.07. The highest BCUT2D eigenvalue weighted by Crippen LogP contribution is 2.34.